The molecule has 0 bridgehead atoms. The average molecular weight is 805 g/mol. The molecule has 0 radical (unpaired) electrons. The first-order chi connectivity index (χ1) is 25.3. The average Bonchev–Trinajstić information content (AvgIpc) is 3.60. The van der Waals surface area contributed by atoms with Crippen molar-refractivity contribution in [1.82, 2.24) is 9.13 Å². The topological polar surface area (TPSA) is 88.8 Å². The fourth-order valence-electron chi connectivity index (χ4n) is 6.70. The number of halogens is 1. The van der Waals surface area contributed by atoms with Crippen LogP contribution in [0.15, 0.2) is 161 Å². The molecule has 0 N–H and O–H groups in total. The van der Waals surface area contributed by atoms with Gasteiger partial charge in [0.2, 0.25) is 0 Å². The third-order valence-electron chi connectivity index (χ3n) is 9.38. The van der Waals surface area contributed by atoms with Crippen molar-refractivity contribution in [2.75, 3.05) is 6.61 Å². The maximum atomic E-state index is 14.0. The van der Waals surface area contributed by atoms with Crippen molar-refractivity contribution in [2.24, 2.45) is 0 Å². The van der Waals surface area contributed by atoms with Crippen LogP contribution in [0, 0.1) is 10.5 Å². The highest BCUT2D eigenvalue weighted by atomic mass is 127. The molecule has 1 aliphatic heterocycles. The van der Waals surface area contributed by atoms with Crippen molar-refractivity contribution >= 4 is 28.5 Å². The van der Waals surface area contributed by atoms with Gasteiger partial charge in [-0.05, 0) is 63.9 Å². The van der Waals surface area contributed by atoms with Crippen LogP contribution in [0.3, 0.4) is 0 Å². The molecule has 1 saturated heterocycles. The highest BCUT2D eigenvalue weighted by Crippen LogP contribution is 2.42. The van der Waals surface area contributed by atoms with E-state index in [1.807, 2.05) is 108 Å². The molecule has 0 unspecified atom stereocenters. The minimum Gasteiger partial charge on any atom is -0.371 e. The number of hydrogen-bond acceptors (Lipinski definition) is 6. The van der Waals surface area contributed by atoms with Gasteiger partial charge in [-0.3, -0.25) is 14.2 Å². The summed E-state index contributed by atoms with van der Waals surface area (Å²) in [4.78, 5) is 40.7. The molecule has 1 aromatic heterocycles. The third-order valence-corrected chi connectivity index (χ3v) is 10.1. The highest BCUT2D eigenvalue weighted by molar-refractivity contribution is 14.1. The molecule has 262 valence electrons. The Bertz CT molecular complexity index is 2150. The lowest BCUT2D eigenvalue weighted by atomic mass is 9.80. The van der Waals surface area contributed by atoms with Crippen molar-refractivity contribution < 1.29 is 19.0 Å². The second kappa shape index (κ2) is 15.7. The lowest BCUT2D eigenvalue weighted by Crippen LogP contribution is -2.45. The van der Waals surface area contributed by atoms with Gasteiger partial charge in [0.25, 0.3) is 11.5 Å². The maximum absolute atomic E-state index is 14.0. The van der Waals surface area contributed by atoms with Crippen LogP contribution in [0.25, 0.3) is 0 Å². The van der Waals surface area contributed by atoms with Gasteiger partial charge >= 0.3 is 5.69 Å². The largest absolute Gasteiger partial charge is 0.371 e. The van der Waals surface area contributed by atoms with E-state index in [9.17, 15) is 14.4 Å². The number of carbonyl (C=O) groups excluding carboxylic acids is 1. The van der Waals surface area contributed by atoms with E-state index in [0.29, 0.717) is 11.2 Å². The van der Waals surface area contributed by atoms with Crippen LogP contribution in [0.5, 0.6) is 0 Å². The standard InChI is InChI=1S/C43H37IN2O6/c1-30-22-24-31(25-23-30)28-50-37-26-39(45-27-36(44)41(48)46(42(45)49)40(47)32-14-6-2-7-15-32)52-38(37)29-51-43(33-16-8-3-9-17-33,34-18-10-4-11-19-34)35-20-12-5-13-21-35/h2-25,27,37-39H,26,28-29H2,1H3/t37-,38+,39+/m0/s1. The molecule has 0 aliphatic carbocycles. The third kappa shape index (κ3) is 7.22. The minimum absolute atomic E-state index is 0.0994. The van der Waals surface area contributed by atoms with Crippen LogP contribution in [-0.2, 0) is 26.4 Å². The second-order valence-corrected chi connectivity index (χ2v) is 13.9. The van der Waals surface area contributed by atoms with E-state index in [2.05, 4.69) is 36.4 Å². The fourth-order valence-corrected chi connectivity index (χ4v) is 7.24. The molecule has 0 spiro atoms. The summed E-state index contributed by atoms with van der Waals surface area (Å²) in [6.07, 6.45) is -0.232. The summed E-state index contributed by atoms with van der Waals surface area (Å²) in [5, 5.41) is 0. The molecule has 9 heteroatoms. The SMILES string of the molecule is Cc1ccc(CO[C@H]2C[C@H](n3cc(I)c(=O)n(C(=O)c4ccccc4)c3=O)O[C@@H]2COC(c2ccccc2)(c2ccccc2)c2ccccc2)cc1. The summed E-state index contributed by atoms with van der Waals surface area (Å²) < 4.78 is 22.6. The Morgan fingerprint density at radius 1 is 0.769 bits per heavy atom. The van der Waals surface area contributed by atoms with Gasteiger partial charge in [-0.25, -0.2) is 4.79 Å². The van der Waals surface area contributed by atoms with Crippen molar-refractivity contribution in [1.29, 1.82) is 0 Å². The van der Waals surface area contributed by atoms with E-state index >= 15 is 0 Å². The Hall–Kier alpha value is -4.94. The van der Waals surface area contributed by atoms with Gasteiger partial charge < -0.3 is 14.2 Å². The maximum Gasteiger partial charge on any atom is 0.340 e. The molecule has 7 rings (SSSR count). The number of aromatic nitrogens is 2. The Labute approximate surface area is 315 Å². The van der Waals surface area contributed by atoms with Gasteiger partial charge in [-0.15, -0.1) is 0 Å². The smallest absolute Gasteiger partial charge is 0.340 e. The van der Waals surface area contributed by atoms with Crippen LogP contribution < -0.4 is 11.2 Å². The van der Waals surface area contributed by atoms with Gasteiger partial charge in [0.1, 0.15) is 17.9 Å². The number of ether oxygens (including phenoxy) is 3. The van der Waals surface area contributed by atoms with Crippen molar-refractivity contribution in [3.63, 3.8) is 0 Å². The fraction of sp³-hybridized carbons (Fsp3) is 0.186. The van der Waals surface area contributed by atoms with Crippen molar-refractivity contribution in [2.45, 2.75) is 44.0 Å². The quantitative estimate of drug-likeness (QED) is 0.0997. The minimum atomic E-state index is -1.01. The second-order valence-electron chi connectivity index (χ2n) is 12.8. The number of benzene rings is 5. The lowest BCUT2D eigenvalue weighted by Gasteiger charge is -2.37. The van der Waals surface area contributed by atoms with E-state index in [-0.39, 0.29) is 22.2 Å². The van der Waals surface area contributed by atoms with Gasteiger partial charge in [-0.2, -0.15) is 4.57 Å². The molecular formula is C43H37IN2O6. The molecule has 52 heavy (non-hydrogen) atoms. The van der Waals surface area contributed by atoms with Gasteiger partial charge in [0.15, 0.2) is 0 Å². The van der Waals surface area contributed by atoms with Gasteiger partial charge in [-0.1, -0.05) is 139 Å². The van der Waals surface area contributed by atoms with Crippen LogP contribution in [0.1, 0.15) is 50.8 Å². The monoisotopic (exact) mass is 804 g/mol. The molecule has 2 heterocycles. The summed E-state index contributed by atoms with van der Waals surface area (Å²) in [5.41, 5.74) is 2.72. The first-order valence-electron chi connectivity index (χ1n) is 17.1. The zero-order chi connectivity index (χ0) is 36.1. The van der Waals surface area contributed by atoms with E-state index in [0.717, 1.165) is 27.8 Å². The number of nitrogens with zero attached hydrogens (tertiary/aromatic N) is 2. The normalized spacial score (nSPS) is 17.2. The van der Waals surface area contributed by atoms with E-state index < -0.39 is 41.2 Å². The molecule has 6 aromatic rings. The zero-order valence-corrected chi connectivity index (χ0v) is 30.7. The van der Waals surface area contributed by atoms with Crippen LogP contribution in [-0.4, -0.2) is 33.9 Å². The lowest BCUT2D eigenvalue weighted by molar-refractivity contribution is -0.106. The Morgan fingerprint density at radius 2 is 1.29 bits per heavy atom. The number of rotatable bonds is 11. The number of hydrogen-bond donors (Lipinski definition) is 0. The Balaban J connectivity index is 1.27. The van der Waals surface area contributed by atoms with E-state index in [1.54, 1.807) is 30.3 Å². The molecule has 0 saturated carbocycles. The Morgan fingerprint density at radius 3 is 1.83 bits per heavy atom. The van der Waals surface area contributed by atoms with Crippen molar-refractivity contribution in [3.8, 4) is 0 Å². The Kier molecular flexibility index (Phi) is 10.7. The van der Waals surface area contributed by atoms with Crippen molar-refractivity contribution in [3.05, 3.63) is 210 Å². The van der Waals surface area contributed by atoms with Crippen LogP contribution >= 0.6 is 22.6 Å². The van der Waals surface area contributed by atoms with E-state index in [4.69, 9.17) is 14.2 Å². The first kappa shape index (κ1) is 35.5. The molecular weight excluding hydrogens is 767 g/mol. The van der Waals surface area contributed by atoms with Crippen LogP contribution in [0.2, 0.25) is 0 Å². The van der Waals surface area contributed by atoms with Gasteiger partial charge in [0, 0.05) is 18.2 Å². The highest BCUT2D eigenvalue weighted by Gasteiger charge is 2.43. The molecule has 1 fully saturated rings. The molecule has 1 aliphatic rings. The summed E-state index contributed by atoms with van der Waals surface area (Å²) in [6.45, 7) is 2.45. The summed E-state index contributed by atoms with van der Waals surface area (Å²) in [6, 6.07) is 46.6. The van der Waals surface area contributed by atoms with E-state index in [1.165, 1.54) is 10.8 Å². The molecule has 0 amide bonds. The molecule has 3 atom stereocenters. The number of carbonyl (C=O) groups is 1. The zero-order valence-electron chi connectivity index (χ0n) is 28.5. The van der Waals surface area contributed by atoms with Crippen LogP contribution in [0.4, 0.5) is 0 Å². The predicted octanol–water partition coefficient (Wildman–Crippen LogP) is 7.49. The molecule has 8 nitrogen and oxygen atoms in total. The summed E-state index contributed by atoms with van der Waals surface area (Å²) >= 11 is 1.86. The van der Waals surface area contributed by atoms with Gasteiger partial charge in [0.05, 0.1) is 22.9 Å². The molecule has 5 aromatic carbocycles. The first-order valence-corrected chi connectivity index (χ1v) is 18.2. The summed E-state index contributed by atoms with van der Waals surface area (Å²) in [5.74, 6) is -0.703. The number of aryl methyl sites for hydroxylation is 1. The predicted molar refractivity (Wildman–Crippen MR) is 207 cm³/mol. The summed E-state index contributed by atoms with van der Waals surface area (Å²) in [7, 11) is 0.